The number of aliphatic hydroxyl groups is 8. The summed E-state index contributed by atoms with van der Waals surface area (Å²) >= 11 is 0. The van der Waals surface area contributed by atoms with Gasteiger partial charge in [0.2, 0.25) is 0 Å². The highest BCUT2D eigenvalue weighted by molar-refractivity contribution is 5.21. The molecule has 4 aliphatic carbocycles. The number of ether oxygens (including phenoxy) is 6. The molecule has 308 valence electrons. The molecule has 0 aromatic carbocycles. The third-order valence-electron chi connectivity index (χ3n) is 15.2. The van der Waals surface area contributed by atoms with Crippen LogP contribution in [0.2, 0.25) is 0 Å². The van der Waals surface area contributed by atoms with E-state index in [-0.39, 0.29) is 48.2 Å². The van der Waals surface area contributed by atoms with E-state index in [1.807, 2.05) is 20.8 Å². The lowest BCUT2D eigenvalue weighted by Gasteiger charge is -2.66. The van der Waals surface area contributed by atoms with Gasteiger partial charge in [-0.25, -0.2) is 0 Å². The van der Waals surface area contributed by atoms with Gasteiger partial charge in [0.25, 0.3) is 0 Å². The second-order valence-corrected chi connectivity index (χ2v) is 18.3. The number of hydrogen-bond donors (Lipinski definition) is 8. The fourth-order valence-corrected chi connectivity index (χ4v) is 12.5. The van der Waals surface area contributed by atoms with Crippen LogP contribution in [0.15, 0.2) is 0 Å². The maximum absolute atomic E-state index is 12.7. The third kappa shape index (κ3) is 7.17. The average molecular weight is 761 g/mol. The summed E-state index contributed by atoms with van der Waals surface area (Å²) in [6.45, 7) is 10.1. The molecule has 0 aromatic heterocycles. The summed E-state index contributed by atoms with van der Waals surface area (Å²) in [5.41, 5.74) is -2.26. The Bertz CT molecular complexity index is 1230. The van der Waals surface area contributed by atoms with Gasteiger partial charge >= 0.3 is 0 Å². The highest BCUT2D eigenvalue weighted by Crippen LogP contribution is 2.70. The molecular formula is C39H68O14. The van der Waals surface area contributed by atoms with Crippen molar-refractivity contribution in [1.29, 1.82) is 0 Å². The molecule has 0 aromatic rings. The molecule has 0 radical (unpaired) electrons. The SMILES string of the molecule is CO[C@H]1[C@H](O[C@H]2[C@H](O[C@@H](CC[C@@H](C)[C@H]3C[C@@H](O)[C@@H]4[C@]3(C)CC[C@H]3[C@@]4(O)C[C@H](O)C4[C@@H](O)[C@@H](O)CC[C@@]43C)C(C)C)O[C@H](CO)[C@@H]2O)OC[C@@H](OC)[C@@H]1O. The number of hydrogen-bond acceptors (Lipinski definition) is 14. The molecule has 14 nitrogen and oxygen atoms in total. The Kier molecular flexibility index (Phi) is 12.7. The summed E-state index contributed by atoms with van der Waals surface area (Å²) in [6.07, 6.45) is -7.34. The van der Waals surface area contributed by atoms with Gasteiger partial charge in [-0.1, -0.05) is 34.6 Å². The van der Waals surface area contributed by atoms with Crippen LogP contribution in [0.4, 0.5) is 0 Å². The Morgan fingerprint density at radius 1 is 0.792 bits per heavy atom. The van der Waals surface area contributed by atoms with Gasteiger partial charge in [-0.3, -0.25) is 0 Å². The summed E-state index contributed by atoms with van der Waals surface area (Å²) in [7, 11) is 2.89. The van der Waals surface area contributed by atoms with Gasteiger partial charge in [-0.05, 0) is 79.4 Å². The minimum Gasteiger partial charge on any atom is -0.394 e. The van der Waals surface area contributed by atoms with E-state index in [0.717, 1.165) is 12.8 Å². The summed E-state index contributed by atoms with van der Waals surface area (Å²) in [4.78, 5) is 0. The average Bonchev–Trinajstić information content (AvgIpc) is 3.55. The van der Waals surface area contributed by atoms with Crippen molar-refractivity contribution in [3.63, 3.8) is 0 Å². The van der Waals surface area contributed by atoms with Crippen molar-refractivity contribution in [3.8, 4) is 0 Å². The molecule has 2 saturated heterocycles. The molecule has 53 heavy (non-hydrogen) atoms. The van der Waals surface area contributed by atoms with Crippen molar-refractivity contribution in [3.05, 3.63) is 0 Å². The summed E-state index contributed by atoms with van der Waals surface area (Å²) in [5, 5.41) is 89.2. The zero-order chi connectivity index (χ0) is 38.8. The van der Waals surface area contributed by atoms with E-state index in [4.69, 9.17) is 28.4 Å². The van der Waals surface area contributed by atoms with E-state index in [9.17, 15) is 40.9 Å². The maximum Gasteiger partial charge on any atom is 0.187 e. The highest BCUT2D eigenvalue weighted by Gasteiger charge is 2.71. The zero-order valence-corrected chi connectivity index (χ0v) is 32.6. The molecule has 21 atom stereocenters. The van der Waals surface area contributed by atoms with Crippen LogP contribution < -0.4 is 0 Å². The minimum atomic E-state index is -1.31. The number of fused-ring (bicyclic) bond motifs is 5. The quantitative estimate of drug-likeness (QED) is 0.138. The lowest BCUT2D eigenvalue weighted by molar-refractivity contribution is -0.313. The predicted octanol–water partition coefficient (Wildman–Crippen LogP) is 0.702. The van der Waals surface area contributed by atoms with Crippen LogP contribution in [0.3, 0.4) is 0 Å². The van der Waals surface area contributed by atoms with E-state index in [0.29, 0.717) is 32.1 Å². The molecule has 2 heterocycles. The Morgan fingerprint density at radius 3 is 2.13 bits per heavy atom. The predicted molar refractivity (Wildman–Crippen MR) is 189 cm³/mol. The lowest BCUT2D eigenvalue weighted by atomic mass is 9.41. The number of methoxy groups -OCH3 is 2. The summed E-state index contributed by atoms with van der Waals surface area (Å²) in [5.74, 6) is -0.891. The van der Waals surface area contributed by atoms with Gasteiger partial charge < -0.3 is 69.3 Å². The van der Waals surface area contributed by atoms with Crippen LogP contribution in [0.25, 0.3) is 0 Å². The Labute approximate surface area is 314 Å². The molecule has 8 N–H and O–H groups in total. The molecule has 6 rings (SSSR count). The van der Waals surface area contributed by atoms with Crippen molar-refractivity contribution in [1.82, 2.24) is 0 Å². The Hall–Kier alpha value is -0.560. The van der Waals surface area contributed by atoms with Gasteiger partial charge in [0, 0.05) is 32.5 Å². The van der Waals surface area contributed by atoms with Crippen LogP contribution in [0.5, 0.6) is 0 Å². The molecule has 0 amide bonds. The van der Waals surface area contributed by atoms with E-state index in [2.05, 4.69) is 13.8 Å². The normalized spacial score (nSPS) is 52.5. The van der Waals surface area contributed by atoms with Gasteiger partial charge in [-0.2, -0.15) is 0 Å². The molecular weight excluding hydrogens is 692 g/mol. The smallest absolute Gasteiger partial charge is 0.187 e. The standard InChI is InChI=1S/C39H68O14/c1-18(2)24(51-36-33(30(45)25(16-40)52-36)53-35-32(49-7)31(46)26(48-6)17-50-35)9-8-19(3)20-14-22(42)34-37(20,4)13-11-27-38(5)12-10-21(41)29(44)28(38)23(43)15-39(27,34)47/h18-36,40-47H,8-17H2,1-7H3/t19-,20-,21+,22-,23+,24+,25-,26-,27-,28?,29+,30+,31+,32-,33-,34-,35+,36-,37-,38-,39+/m1/s1. The fourth-order valence-electron chi connectivity index (χ4n) is 12.5. The molecule has 2 aliphatic heterocycles. The van der Waals surface area contributed by atoms with Crippen LogP contribution in [-0.2, 0) is 28.4 Å². The molecule has 14 heteroatoms. The van der Waals surface area contributed by atoms with Gasteiger partial charge in [0.15, 0.2) is 12.6 Å². The second kappa shape index (κ2) is 16.0. The van der Waals surface area contributed by atoms with Crippen molar-refractivity contribution in [2.45, 2.75) is 171 Å². The van der Waals surface area contributed by atoms with Crippen LogP contribution >= 0.6 is 0 Å². The largest absolute Gasteiger partial charge is 0.394 e. The third-order valence-corrected chi connectivity index (χ3v) is 15.2. The van der Waals surface area contributed by atoms with Crippen molar-refractivity contribution >= 4 is 0 Å². The van der Waals surface area contributed by atoms with Crippen LogP contribution in [-0.4, -0.2) is 154 Å². The Morgan fingerprint density at radius 2 is 1.49 bits per heavy atom. The van der Waals surface area contributed by atoms with Gasteiger partial charge in [-0.15, -0.1) is 0 Å². The maximum atomic E-state index is 12.7. The number of aliphatic hydroxyl groups excluding tert-OH is 7. The first-order valence-corrected chi connectivity index (χ1v) is 20.0. The zero-order valence-electron chi connectivity index (χ0n) is 32.6. The van der Waals surface area contributed by atoms with E-state index < -0.39 is 103 Å². The van der Waals surface area contributed by atoms with Crippen molar-refractivity contribution in [2.24, 2.45) is 46.3 Å². The fraction of sp³-hybridized carbons (Fsp3) is 1.00. The monoisotopic (exact) mass is 760 g/mol. The molecule has 0 spiro atoms. The topological polar surface area (TPSA) is 217 Å². The molecule has 6 fully saturated rings. The van der Waals surface area contributed by atoms with Crippen molar-refractivity contribution in [2.75, 3.05) is 27.4 Å². The molecule has 6 aliphatic rings. The molecule has 1 unspecified atom stereocenters. The van der Waals surface area contributed by atoms with E-state index in [1.54, 1.807) is 0 Å². The summed E-state index contributed by atoms with van der Waals surface area (Å²) < 4.78 is 35.4. The van der Waals surface area contributed by atoms with E-state index >= 15 is 0 Å². The van der Waals surface area contributed by atoms with E-state index in [1.165, 1.54) is 14.2 Å². The first-order valence-electron chi connectivity index (χ1n) is 20.0. The van der Waals surface area contributed by atoms with Crippen molar-refractivity contribution < 1.29 is 69.3 Å². The second-order valence-electron chi connectivity index (χ2n) is 18.3. The first kappa shape index (κ1) is 42.1. The summed E-state index contributed by atoms with van der Waals surface area (Å²) in [6, 6.07) is 0. The Balaban J connectivity index is 1.14. The highest BCUT2D eigenvalue weighted by atomic mass is 16.8. The van der Waals surface area contributed by atoms with Crippen LogP contribution in [0.1, 0.15) is 86.0 Å². The lowest BCUT2D eigenvalue weighted by Crippen LogP contribution is -2.70. The van der Waals surface area contributed by atoms with Crippen LogP contribution in [0, 0.1) is 46.3 Å². The van der Waals surface area contributed by atoms with Gasteiger partial charge in [0.05, 0.1) is 49.3 Å². The molecule has 4 saturated carbocycles. The number of rotatable bonds is 12. The molecule has 0 bridgehead atoms. The first-order chi connectivity index (χ1) is 25.0. The minimum absolute atomic E-state index is 0.0501. The van der Waals surface area contributed by atoms with Gasteiger partial charge in [0.1, 0.15) is 36.6 Å².